The number of rotatable bonds is 4. The predicted molar refractivity (Wildman–Crippen MR) is 106 cm³/mol. The van der Waals surface area contributed by atoms with Crippen LogP contribution in [0, 0.1) is 0 Å². The summed E-state index contributed by atoms with van der Waals surface area (Å²) in [6.45, 7) is 0.239. The second-order valence-corrected chi connectivity index (χ2v) is 8.50. The molecule has 28 heavy (non-hydrogen) atoms. The minimum Gasteiger partial charge on any atom is -0.267 e. The molecular formula is C20H14ClN3O3S. The number of pyridine rings is 1. The molecule has 2 aromatic carbocycles. The van der Waals surface area contributed by atoms with Crippen LogP contribution in [0.5, 0.6) is 0 Å². The fourth-order valence-corrected chi connectivity index (χ4v) is 4.28. The number of nitrogens with zero attached hydrogens (tertiary/aromatic N) is 3. The van der Waals surface area contributed by atoms with Crippen molar-refractivity contribution < 1.29 is 8.42 Å². The van der Waals surface area contributed by atoms with Crippen LogP contribution < -0.4 is 5.56 Å². The van der Waals surface area contributed by atoms with Gasteiger partial charge in [0.05, 0.1) is 27.9 Å². The van der Waals surface area contributed by atoms with Crippen LogP contribution in [0.3, 0.4) is 0 Å². The van der Waals surface area contributed by atoms with Crippen molar-refractivity contribution in [3.05, 3.63) is 94.1 Å². The summed E-state index contributed by atoms with van der Waals surface area (Å²) in [7, 11) is -3.66. The lowest BCUT2D eigenvalue weighted by Gasteiger charge is -2.08. The van der Waals surface area contributed by atoms with Crippen LogP contribution >= 0.6 is 11.6 Å². The van der Waals surface area contributed by atoms with Crippen LogP contribution in [0.1, 0.15) is 5.56 Å². The molecule has 0 spiro atoms. The van der Waals surface area contributed by atoms with E-state index < -0.39 is 9.84 Å². The van der Waals surface area contributed by atoms with Gasteiger partial charge in [-0.2, -0.15) is 5.10 Å². The first-order valence-corrected chi connectivity index (χ1v) is 10.2. The molecule has 0 amide bonds. The van der Waals surface area contributed by atoms with Gasteiger partial charge in [-0.3, -0.25) is 4.79 Å². The molecule has 0 aliphatic rings. The molecule has 0 bridgehead atoms. The zero-order chi connectivity index (χ0) is 19.7. The maximum Gasteiger partial charge on any atom is 0.274 e. The highest BCUT2D eigenvalue weighted by Crippen LogP contribution is 2.23. The highest BCUT2D eigenvalue weighted by molar-refractivity contribution is 7.91. The van der Waals surface area contributed by atoms with Crippen molar-refractivity contribution in [2.75, 3.05) is 0 Å². The van der Waals surface area contributed by atoms with Gasteiger partial charge in [0.1, 0.15) is 5.15 Å². The summed E-state index contributed by atoms with van der Waals surface area (Å²) < 4.78 is 26.9. The van der Waals surface area contributed by atoms with Crippen molar-refractivity contribution in [1.29, 1.82) is 0 Å². The number of fused-ring (bicyclic) bond motifs is 1. The molecular weight excluding hydrogens is 398 g/mol. The summed E-state index contributed by atoms with van der Waals surface area (Å²) in [6, 6.07) is 16.0. The summed E-state index contributed by atoms with van der Waals surface area (Å²) in [6.07, 6.45) is 3.07. The highest BCUT2D eigenvalue weighted by atomic mass is 35.5. The van der Waals surface area contributed by atoms with E-state index in [1.165, 1.54) is 41.2 Å². The lowest BCUT2D eigenvalue weighted by atomic mass is 10.2. The van der Waals surface area contributed by atoms with Crippen molar-refractivity contribution in [1.82, 2.24) is 14.8 Å². The Bertz CT molecular complexity index is 1320. The van der Waals surface area contributed by atoms with Crippen LogP contribution in [0.15, 0.2) is 87.6 Å². The number of benzene rings is 2. The lowest BCUT2D eigenvalue weighted by molar-refractivity contribution is 0.596. The number of aromatic nitrogens is 3. The Balaban J connectivity index is 1.74. The van der Waals surface area contributed by atoms with Crippen LogP contribution in [0.25, 0.3) is 10.8 Å². The minimum absolute atomic E-state index is 0.118. The summed E-state index contributed by atoms with van der Waals surface area (Å²) in [4.78, 5) is 17.0. The molecule has 0 radical (unpaired) electrons. The average Bonchev–Trinajstić information content (AvgIpc) is 2.72. The molecule has 8 heteroatoms. The zero-order valence-electron chi connectivity index (χ0n) is 14.5. The van der Waals surface area contributed by atoms with Gasteiger partial charge < -0.3 is 0 Å². The second kappa shape index (κ2) is 7.18. The summed E-state index contributed by atoms with van der Waals surface area (Å²) in [5, 5.41) is 5.40. The second-order valence-electron chi connectivity index (χ2n) is 6.16. The van der Waals surface area contributed by atoms with Crippen LogP contribution in [-0.2, 0) is 16.4 Å². The summed E-state index contributed by atoms with van der Waals surface area (Å²) in [5.74, 6) is 0. The van der Waals surface area contributed by atoms with Gasteiger partial charge in [-0.05, 0) is 42.0 Å². The molecule has 0 atom stereocenters. The SMILES string of the molecule is O=c1c2ccc(S(=O)(=O)c3ccccc3)cc2cnn1Cc1ccc(Cl)nc1. The van der Waals surface area contributed by atoms with Crippen molar-refractivity contribution in [3.63, 3.8) is 0 Å². The van der Waals surface area contributed by atoms with E-state index >= 15 is 0 Å². The van der Waals surface area contributed by atoms with Gasteiger partial charge in [-0.15, -0.1) is 0 Å². The number of halogens is 1. The molecule has 0 saturated heterocycles. The molecule has 140 valence electrons. The van der Waals surface area contributed by atoms with Crippen molar-refractivity contribution in [3.8, 4) is 0 Å². The molecule has 2 aromatic heterocycles. The van der Waals surface area contributed by atoms with E-state index in [0.717, 1.165) is 5.56 Å². The smallest absolute Gasteiger partial charge is 0.267 e. The number of hydrogen-bond donors (Lipinski definition) is 0. The average molecular weight is 412 g/mol. The Morgan fingerprint density at radius 2 is 1.71 bits per heavy atom. The first kappa shape index (κ1) is 18.3. The molecule has 0 fully saturated rings. The van der Waals surface area contributed by atoms with Crippen LogP contribution in [0.4, 0.5) is 0 Å². The molecule has 6 nitrogen and oxygen atoms in total. The first-order valence-electron chi connectivity index (χ1n) is 8.35. The molecule has 0 aliphatic carbocycles. The van der Waals surface area contributed by atoms with E-state index in [-0.39, 0.29) is 21.9 Å². The molecule has 0 unspecified atom stereocenters. The Morgan fingerprint density at radius 3 is 2.43 bits per heavy atom. The Kier molecular flexibility index (Phi) is 4.70. The third-order valence-electron chi connectivity index (χ3n) is 4.31. The molecule has 0 saturated carbocycles. The monoisotopic (exact) mass is 411 g/mol. The van der Waals surface area contributed by atoms with Gasteiger partial charge in [0.15, 0.2) is 0 Å². The standard InChI is InChI=1S/C20H14ClN3O3S/c21-19-9-6-14(11-22-19)13-24-20(25)18-8-7-17(10-15(18)12-23-24)28(26,27)16-4-2-1-3-5-16/h1-12H,13H2. The van der Waals surface area contributed by atoms with Gasteiger partial charge in [-0.1, -0.05) is 35.9 Å². The third kappa shape index (κ3) is 3.42. The summed E-state index contributed by atoms with van der Waals surface area (Å²) in [5.41, 5.74) is 0.470. The van der Waals surface area contributed by atoms with Crippen LogP contribution in [-0.4, -0.2) is 23.2 Å². The molecule has 4 rings (SSSR count). The molecule has 0 aliphatic heterocycles. The van der Waals surface area contributed by atoms with E-state index in [2.05, 4.69) is 10.1 Å². The zero-order valence-corrected chi connectivity index (χ0v) is 16.1. The molecule has 2 heterocycles. The molecule has 4 aromatic rings. The third-order valence-corrected chi connectivity index (χ3v) is 6.30. The number of hydrogen-bond acceptors (Lipinski definition) is 5. The van der Waals surface area contributed by atoms with Crippen molar-refractivity contribution in [2.24, 2.45) is 0 Å². The largest absolute Gasteiger partial charge is 0.274 e. The maximum atomic E-state index is 12.8. The van der Waals surface area contributed by atoms with Gasteiger partial charge in [-0.25, -0.2) is 18.1 Å². The van der Waals surface area contributed by atoms with Gasteiger partial charge in [0, 0.05) is 11.6 Å². The van der Waals surface area contributed by atoms with E-state index in [1.54, 1.807) is 36.5 Å². The fraction of sp³-hybridized carbons (Fsp3) is 0.0500. The van der Waals surface area contributed by atoms with Crippen LogP contribution in [0.2, 0.25) is 5.15 Å². The van der Waals surface area contributed by atoms with E-state index in [1.807, 2.05) is 0 Å². The van der Waals surface area contributed by atoms with Gasteiger partial charge in [0.2, 0.25) is 9.84 Å². The topological polar surface area (TPSA) is 81.9 Å². The quantitative estimate of drug-likeness (QED) is 0.481. The van der Waals surface area contributed by atoms with Gasteiger partial charge >= 0.3 is 0 Å². The predicted octanol–water partition coefficient (Wildman–Crippen LogP) is 3.33. The maximum absolute atomic E-state index is 12.8. The Labute approximate surface area is 166 Å². The van der Waals surface area contributed by atoms with E-state index in [9.17, 15) is 13.2 Å². The van der Waals surface area contributed by atoms with Crippen molar-refractivity contribution >= 4 is 32.2 Å². The molecule has 0 N–H and O–H groups in total. The van der Waals surface area contributed by atoms with Crippen molar-refractivity contribution in [2.45, 2.75) is 16.3 Å². The summed E-state index contributed by atoms with van der Waals surface area (Å²) >= 11 is 5.78. The van der Waals surface area contributed by atoms with E-state index in [4.69, 9.17) is 11.6 Å². The minimum atomic E-state index is -3.66. The normalized spacial score (nSPS) is 11.6. The lowest BCUT2D eigenvalue weighted by Crippen LogP contribution is -2.23. The highest BCUT2D eigenvalue weighted by Gasteiger charge is 2.18. The Morgan fingerprint density at radius 1 is 0.929 bits per heavy atom. The van der Waals surface area contributed by atoms with Gasteiger partial charge in [0.25, 0.3) is 5.56 Å². The van der Waals surface area contributed by atoms with E-state index in [0.29, 0.717) is 15.9 Å². The first-order chi connectivity index (χ1) is 13.4. The number of sulfone groups is 1. The Hall–Kier alpha value is -3.03. The fourth-order valence-electron chi connectivity index (χ4n) is 2.85.